The molecule has 1 aromatic carbocycles. The molecule has 118 valence electrons. The summed E-state index contributed by atoms with van der Waals surface area (Å²) >= 11 is 0. The van der Waals surface area contributed by atoms with Crippen LogP contribution in [-0.2, 0) is 11.3 Å². The molecule has 1 heterocycles. The van der Waals surface area contributed by atoms with E-state index in [0.717, 1.165) is 48.9 Å². The van der Waals surface area contributed by atoms with Crippen molar-refractivity contribution in [1.82, 2.24) is 5.32 Å². The molecule has 1 aliphatic heterocycles. The molecule has 1 saturated heterocycles. The minimum absolute atomic E-state index is 0.0915. The lowest BCUT2D eigenvalue weighted by Crippen LogP contribution is -2.46. The molecule has 0 atom stereocenters. The lowest BCUT2D eigenvalue weighted by atomic mass is 9.92. The van der Waals surface area contributed by atoms with Crippen molar-refractivity contribution >= 4 is 0 Å². The van der Waals surface area contributed by atoms with Crippen LogP contribution in [0.4, 0.5) is 0 Å². The second kappa shape index (κ2) is 7.00. The Bertz CT molecular complexity index is 444. The highest BCUT2D eigenvalue weighted by Crippen LogP contribution is 2.34. The molecule has 0 amide bonds. The van der Waals surface area contributed by atoms with E-state index < -0.39 is 0 Å². The monoisotopic (exact) mass is 295 g/mol. The van der Waals surface area contributed by atoms with E-state index in [9.17, 15) is 0 Å². The second-order valence-corrected chi connectivity index (χ2v) is 5.54. The van der Waals surface area contributed by atoms with Gasteiger partial charge in [0.05, 0.1) is 26.9 Å². The van der Waals surface area contributed by atoms with Gasteiger partial charge >= 0.3 is 0 Å². The molecule has 0 spiro atoms. The van der Waals surface area contributed by atoms with Gasteiger partial charge in [-0.05, 0) is 19.8 Å². The molecule has 1 fully saturated rings. The fourth-order valence-corrected chi connectivity index (χ4v) is 2.55. The number of benzene rings is 1. The van der Waals surface area contributed by atoms with E-state index in [0.29, 0.717) is 6.54 Å². The zero-order valence-electron chi connectivity index (χ0n) is 13.3. The number of rotatable bonds is 6. The number of methoxy groups -OCH3 is 3. The third-order valence-corrected chi connectivity index (χ3v) is 4.11. The Morgan fingerprint density at radius 2 is 1.62 bits per heavy atom. The van der Waals surface area contributed by atoms with E-state index in [-0.39, 0.29) is 5.54 Å². The van der Waals surface area contributed by atoms with Gasteiger partial charge in [-0.25, -0.2) is 0 Å². The fraction of sp³-hybridized carbons (Fsp3) is 0.625. The Labute approximate surface area is 126 Å². The predicted molar refractivity (Wildman–Crippen MR) is 81.4 cm³/mol. The predicted octanol–water partition coefficient (Wildman–Crippen LogP) is 2.37. The van der Waals surface area contributed by atoms with Crippen molar-refractivity contribution in [2.75, 3.05) is 34.5 Å². The molecule has 0 unspecified atom stereocenters. The molecule has 5 heteroatoms. The first-order valence-electron chi connectivity index (χ1n) is 7.23. The van der Waals surface area contributed by atoms with Gasteiger partial charge in [0.1, 0.15) is 17.2 Å². The molecule has 21 heavy (non-hydrogen) atoms. The quantitative estimate of drug-likeness (QED) is 0.873. The van der Waals surface area contributed by atoms with Crippen LogP contribution in [0.2, 0.25) is 0 Å². The SMILES string of the molecule is COc1cc(OC)c(CNC2(C)CCOCC2)c(OC)c1. The molecular formula is C16H25NO4. The Kier molecular flexibility index (Phi) is 5.31. The second-order valence-electron chi connectivity index (χ2n) is 5.54. The van der Waals surface area contributed by atoms with Gasteiger partial charge in [0.25, 0.3) is 0 Å². The summed E-state index contributed by atoms with van der Waals surface area (Å²) < 4.78 is 21.7. The van der Waals surface area contributed by atoms with Gasteiger partial charge < -0.3 is 24.3 Å². The lowest BCUT2D eigenvalue weighted by Gasteiger charge is -2.35. The van der Waals surface area contributed by atoms with Crippen molar-refractivity contribution in [2.45, 2.75) is 31.8 Å². The van der Waals surface area contributed by atoms with Crippen molar-refractivity contribution in [1.29, 1.82) is 0 Å². The third kappa shape index (κ3) is 3.80. The minimum Gasteiger partial charge on any atom is -0.496 e. The maximum atomic E-state index is 5.48. The maximum absolute atomic E-state index is 5.48. The Morgan fingerprint density at radius 3 is 2.10 bits per heavy atom. The van der Waals surface area contributed by atoms with Gasteiger partial charge in [-0.15, -0.1) is 0 Å². The molecule has 0 aromatic heterocycles. The molecule has 5 nitrogen and oxygen atoms in total. The van der Waals surface area contributed by atoms with Crippen LogP contribution in [0.5, 0.6) is 17.2 Å². The summed E-state index contributed by atoms with van der Waals surface area (Å²) in [5.74, 6) is 2.27. The first-order valence-corrected chi connectivity index (χ1v) is 7.23. The summed E-state index contributed by atoms with van der Waals surface area (Å²) in [6.45, 7) is 4.53. The summed E-state index contributed by atoms with van der Waals surface area (Å²) in [6, 6.07) is 3.76. The van der Waals surface area contributed by atoms with E-state index in [2.05, 4.69) is 12.2 Å². The summed E-state index contributed by atoms with van der Waals surface area (Å²) in [6.07, 6.45) is 2.02. The molecule has 0 bridgehead atoms. The van der Waals surface area contributed by atoms with Crippen LogP contribution in [-0.4, -0.2) is 40.1 Å². The Balaban J connectivity index is 2.17. The first-order chi connectivity index (χ1) is 10.1. The highest BCUT2D eigenvalue weighted by molar-refractivity contribution is 5.50. The molecule has 0 saturated carbocycles. The molecule has 0 radical (unpaired) electrons. The van der Waals surface area contributed by atoms with Crippen molar-refractivity contribution in [2.24, 2.45) is 0 Å². The molecule has 0 aliphatic carbocycles. The van der Waals surface area contributed by atoms with Crippen molar-refractivity contribution in [3.63, 3.8) is 0 Å². The van der Waals surface area contributed by atoms with Crippen LogP contribution in [0.15, 0.2) is 12.1 Å². The molecule has 1 aliphatic rings. The van der Waals surface area contributed by atoms with Crippen molar-refractivity contribution in [3.05, 3.63) is 17.7 Å². The van der Waals surface area contributed by atoms with Gasteiger partial charge in [-0.3, -0.25) is 0 Å². The van der Waals surface area contributed by atoms with Crippen LogP contribution < -0.4 is 19.5 Å². The summed E-state index contributed by atoms with van der Waals surface area (Å²) in [7, 11) is 4.96. The number of hydrogen-bond donors (Lipinski definition) is 1. The number of ether oxygens (including phenoxy) is 4. The average molecular weight is 295 g/mol. The highest BCUT2D eigenvalue weighted by atomic mass is 16.5. The van der Waals surface area contributed by atoms with E-state index in [4.69, 9.17) is 18.9 Å². The van der Waals surface area contributed by atoms with Gasteiger partial charge in [-0.2, -0.15) is 0 Å². The van der Waals surface area contributed by atoms with E-state index in [1.54, 1.807) is 21.3 Å². The average Bonchev–Trinajstić information content (AvgIpc) is 2.52. The standard InChI is InChI=1S/C16H25NO4/c1-16(5-7-21-8-6-16)17-11-13-14(19-3)9-12(18-2)10-15(13)20-4/h9-10,17H,5-8,11H2,1-4H3. The third-order valence-electron chi connectivity index (χ3n) is 4.11. The van der Waals surface area contributed by atoms with Gasteiger partial charge in [0.2, 0.25) is 0 Å². The van der Waals surface area contributed by atoms with Gasteiger partial charge in [0, 0.05) is 37.4 Å². The van der Waals surface area contributed by atoms with Crippen molar-refractivity contribution in [3.8, 4) is 17.2 Å². The summed E-state index contributed by atoms with van der Waals surface area (Å²) in [5.41, 5.74) is 1.10. The van der Waals surface area contributed by atoms with Crippen molar-refractivity contribution < 1.29 is 18.9 Å². The maximum Gasteiger partial charge on any atom is 0.130 e. The molecule has 1 N–H and O–H groups in total. The number of hydrogen-bond acceptors (Lipinski definition) is 5. The van der Waals surface area contributed by atoms with E-state index >= 15 is 0 Å². The molecular weight excluding hydrogens is 270 g/mol. The highest BCUT2D eigenvalue weighted by Gasteiger charge is 2.27. The summed E-state index contributed by atoms with van der Waals surface area (Å²) in [5, 5.41) is 3.62. The number of nitrogens with one attached hydrogen (secondary N) is 1. The zero-order chi connectivity index (χ0) is 15.3. The lowest BCUT2D eigenvalue weighted by molar-refractivity contribution is 0.0445. The van der Waals surface area contributed by atoms with Gasteiger partial charge in [0.15, 0.2) is 0 Å². The Morgan fingerprint density at radius 1 is 1.05 bits per heavy atom. The van der Waals surface area contributed by atoms with Crippen LogP contribution in [0.25, 0.3) is 0 Å². The fourth-order valence-electron chi connectivity index (χ4n) is 2.55. The smallest absolute Gasteiger partial charge is 0.130 e. The first kappa shape index (κ1) is 15.9. The Hall–Kier alpha value is -1.46. The van der Waals surface area contributed by atoms with Crippen LogP contribution in [0, 0.1) is 0 Å². The topological polar surface area (TPSA) is 49.0 Å². The minimum atomic E-state index is 0.0915. The van der Waals surface area contributed by atoms with Crippen LogP contribution in [0.3, 0.4) is 0 Å². The van der Waals surface area contributed by atoms with E-state index in [1.807, 2.05) is 12.1 Å². The van der Waals surface area contributed by atoms with Crippen LogP contribution in [0.1, 0.15) is 25.3 Å². The molecule has 2 rings (SSSR count). The normalized spacial score (nSPS) is 17.3. The summed E-state index contributed by atoms with van der Waals surface area (Å²) in [4.78, 5) is 0. The van der Waals surface area contributed by atoms with Crippen LogP contribution >= 0.6 is 0 Å². The zero-order valence-corrected chi connectivity index (χ0v) is 13.3. The van der Waals surface area contributed by atoms with E-state index in [1.165, 1.54) is 0 Å². The molecule has 1 aromatic rings. The largest absolute Gasteiger partial charge is 0.496 e. The van der Waals surface area contributed by atoms with Gasteiger partial charge in [-0.1, -0.05) is 0 Å².